The average Bonchev–Trinajstić information content (AvgIpc) is 2.40. The molecule has 2 aromatic carbocycles. The van der Waals surface area contributed by atoms with Gasteiger partial charge >= 0.3 is 0 Å². The molecule has 0 amide bonds. The van der Waals surface area contributed by atoms with Crippen LogP contribution in [0.3, 0.4) is 0 Å². The quantitative estimate of drug-likeness (QED) is 0.866. The number of nitrogens with two attached hydrogens (primary N) is 1. The van der Waals surface area contributed by atoms with Crippen molar-refractivity contribution in [2.24, 2.45) is 0 Å². The number of rotatable bonds is 4. The molecule has 2 rings (SSSR count). The van der Waals surface area contributed by atoms with Crippen LogP contribution < -0.4 is 10.5 Å². The van der Waals surface area contributed by atoms with Crippen molar-refractivity contribution in [3.63, 3.8) is 0 Å². The number of halogens is 1. The fourth-order valence-corrected chi connectivity index (χ4v) is 1.91. The molecule has 4 heteroatoms. The van der Waals surface area contributed by atoms with E-state index in [0.29, 0.717) is 23.7 Å². The van der Waals surface area contributed by atoms with Gasteiger partial charge in [0.25, 0.3) is 0 Å². The molecule has 0 aliphatic carbocycles. The number of nitrogen functional groups attached to an aromatic ring is 1. The molecule has 0 saturated heterocycles. The highest BCUT2D eigenvalue weighted by Gasteiger charge is 2.05. The summed E-state index contributed by atoms with van der Waals surface area (Å²) < 4.78 is 5.64. The molecular weight excluding hydrogens is 260 g/mol. The molecule has 0 radical (unpaired) electrons. The molecular formula is C15H13ClN2O. The van der Waals surface area contributed by atoms with Crippen LogP contribution in [0.2, 0.25) is 5.02 Å². The van der Waals surface area contributed by atoms with Gasteiger partial charge in [0.2, 0.25) is 0 Å². The molecule has 0 saturated carbocycles. The third kappa shape index (κ3) is 3.40. The lowest BCUT2D eigenvalue weighted by molar-refractivity contribution is 0.307. The van der Waals surface area contributed by atoms with Gasteiger partial charge in [-0.15, -0.1) is 0 Å². The van der Waals surface area contributed by atoms with Gasteiger partial charge in [0.05, 0.1) is 12.5 Å². The smallest absolute Gasteiger partial charge is 0.119 e. The molecule has 19 heavy (non-hydrogen) atoms. The summed E-state index contributed by atoms with van der Waals surface area (Å²) in [6, 6.07) is 14.9. The van der Waals surface area contributed by atoms with Crippen molar-refractivity contribution in [2.45, 2.75) is 13.0 Å². The molecule has 2 aromatic rings. The fraction of sp³-hybridized carbons (Fsp3) is 0.133. The number of nitriles is 1. The molecule has 3 nitrogen and oxygen atoms in total. The van der Waals surface area contributed by atoms with E-state index in [0.717, 1.165) is 16.9 Å². The zero-order valence-electron chi connectivity index (χ0n) is 10.3. The maximum absolute atomic E-state index is 8.59. The lowest BCUT2D eigenvalue weighted by Crippen LogP contribution is -2.01. The van der Waals surface area contributed by atoms with E-state index in [1.807, 2.05) is 24.3 Å². The zero-order chi connectivity index (χ0) is 13.7. The van der Waals surface area contributed by atoms with Gasteiger partial charge in [0.1, 0.15) is 12.4 Å². The predicted octanol–water partition coefficient (Wildman–Crippen LogP) is 3.57. The minimum atomic E-state index is 0.323. The summed E-state index contributed by atoms with van der Waals surface area (Å²) in [7, 11) is 0. The summed E-state index contributed by atoms with van der Waals surface area (Å²) in [4.78, 5) is 0. The van der Waals surface area contributed by atoms with Gasteiger partial charge in [0, 0.05) is 16.3 Å². The van der Waals surface area contributed by atoms with Crippen LogP contribution in [0.5, 0.6) is 5.75 Å². The van der Waals surface area contributed by atoms with Gasteiger partial charge in [-0.25, -0.2) is 0 Å². The van der Waals surface area contributed by atoms with Gasteiger partial charge in [0.15, 0.2) is 0 Å². The molecule has 0 heterocycles. The van der Waals surface area contributed by atoms with Gasteiger partial charge in [-0.2, -0.15) is 5.26 Å². The normalized spacial score (nSPS) is 9.89. The molecule has 0 unspecified atom stereocenters. The lowest BCUT2D eigenvalue weighted by atomic mass is 10.1. The highest BCUT2D eigenvalue weighted by Crippen LogP contribution is 2.24. The van der Waals surface area contributed by atoms with Crippen LogP contribution in [0.4, 0.5) is 5.69 Å². The largest absolute Gasteiger partial charge is 0.489 e. The third-order valence-corrected chi connectivity index (χ3v) is 3.10. The highest BCUT2D eigenvalue weighted by atomic mass is 35.5. The number of anilines is 1. The van der Waals surface area contributed by atoms with E-state index in [4.69, 9.17) is 27.3 Å². The van der Waals surface area contributed by atoms with Crippen LogP contribution >= 0.6 is 11.6 Å². The molecule has 0 bridgehead atoms. The second kappa shape index (κ2) is 6.12. The van der Waals surface area contributed by atoms with E-state index in [1.54, 1.807) is 18.2 Å². The standard InChI is InChI=1S/C15H13ClN2O/c16-14-2-1-3-15(18)13(14)10-19-12-6-4-11(5-7-12)8-9-17/h1-7H,8,10,18H2. The van der Waals surface area contributed by atoms with E-state index in [2.05, 4.69) is 6.07 Å². The van der Waals surface area contributed by atoms with E-state index < -0.39 is 0 Å². The van der Waals surface area contributed by atoms with E-state index in [9.17, 15) is 0 Å². The van der Waals surface area contributed by atoms with E-state index in [1.165, 1.54) is 0 Å². The highest BCUT2D eigenvalue weighted by molar-refractivity contribution is 6.31. The lowest BCUT2D eigenvalue weighted by Gasteiger charge is -2.10. The molecule has 0 aromatic heterocycles. The Morgan fingerprint density at radius 2 is 1.89 bits per heavy atom. The first-order chi connectivity index (χ1) is 9.20. The Hall–Kier alpha value is -2.18. The predicted molar refractivity (Wildman–Crippen MR) is 76.0 cm³/mol. The second-order valence-corrected chi connectivity index (χ2v) is 4.48. The number of hydrogen-bond acceptors (Lipinski definition) is 3. The summed E-state index contributed by atoms with van der Waals surface area (Å²) in [6.07, 6.45) is 0.401. The first kappa shape index (κ1) is 13.3. The van der Waals surface area contributed by atoms with Crippen molar-refractivity contribution >= 4 is 17.3 Å². The number of nitrogens with zero attached hydrogens (tertiary/aromatic N) is 1. The second-order valence-electron chi connectivity index (χ2n) is 4.08. The molecule has 0 aliphatic heterocycles. The van der Waals surface area contributed by atoms with Crippen molar-refractivity contribution in [2.75, 3.05) is 5.73 Å². The third-order valence-electron chi connectivity index (χ3n) is 2.74. The maximum atomic E-state index is 8.59. The number of benzene rings is 2. The maximum Gasteiger partial charge on any atom is 0.119 e. The molecule has 0 fully saturated rings. The minimum absolute atomic E-state index is 0.323. The number of ether oxygens (including phenoxy) is 1. The Balaban J connectivity index is 2.04. The van der Waals surface area contributed by atoms with Crippen molar-refractivity contribution in [3.8, 4) is 11.8 Å². The summed E-state index contributed by atoms with van der Waals surface area (Å²) in [6.45, 7) is 0.323. The summed E-state index contributed by atoms with van der Waals surface area (Å²) in [5.74, 6) is 0.723. The zero-order valence-corrected chi connectivity index (χ0v) is 11.0. The summed E-state index contributed by atoms with van der Waals surface area (Å²) in [5.41, 5.74) is 8.22. The Kier molecular flexibility index (Phi) is 4.27. The van der Waals surface area contributed by atoms with Crippen molar-refractivity contribution in [1.82, 2.24) is 0 Å². The van der Waals surface area contributed by atoms with Crippen LogP contribution in [0, 0.1) is 11.3 Å². The monoisotopic (exact) mass is 272 g/mol. The van der Waals surface area contributed by atoms with Crippen LogP contribution in [0.25, 0.3) is 0 Å². The van der Waals surface area contributed by atoms with Crippen LogP contribution in [-0.4, -0.2) is 0 Å². The van der Waals surface area contributed by atoms with E-state index in [-0.39, 0.29) is 0 Å². The van der Waals surface area contributed by atoms with Gasteiger partial charge < -0.3 is 10.5 Å². The Bertz CT molecular complexity index is 582. The first-order valence-electron chi connectivity index (χ1n) is 5.82. The SMILES string of the molecule is N#CCc1ccc(OCc2c(N)cccc2Cl)cc1. The fourth-order valence-electron chi connectivity index (χ4n) is 1.68. The Morgan fingerprint density at radius 1 is 1.16 bits per heavy atom. The topological polar surface area (TPSA) is 59.0 Å². The Labute approximate surface area is 117 Å². The van der Waals surface area contributed by atoms with Crippen LogP contribution in [0.1, 0.15) is 11.1 Å². The summed E-state index contributed by atoms with van der Waals surface area (Å²) in [5, 5.41) is 9.19. The summed E-state index contributed by atoms with van der Waals surface area (Å²) >= 11 is 6.07. The minimum Gasteiger partial charge on any atom is -0.489 e. The van der Waals surface area contributed by atoms with Crippen LogP contribution in [0.15, 0.2) is 42.5 Å². The number of hydrogen-bond donors (Lipinski definition) is 1. The van der Waals surface area contributed by atoms with Crippen molar-refractivity contribution in [1.29, 1.82) is 5.26 Å². The van der Waals surface area contributed by atoms with Crippen LogP contribution in [-0.2, 0) is 13.0 Å². The molecule has 0 aliphatic rings. The van der Waals surface area contributed by atoms with Crippen molar-refractivity contribution < 1.29 is 4.74 Å². The molecule has 2 N–H and O–H groups in total. The average molecular weight is 273 g/mol. The molecule has 0 atom stereocenters. The van der Waals surface area contributed by atoms with Gasteiger partial charge in [-0.3, -0.25) is 0 Å². The Morgan fingerprint density at radius 3 is 2.53 bits per heavy atom. The van der Waals surface area contributed by atoms with Gasteiger partial charge in [-0.05, 0) is 29.8 Å². The molecule has 0 spiro atoms. The van der Waals surface area contributed by atoms with Gasteiger partial charge in [-0.1, -0.05) is 29.8 Å². The molecule has 96 valence electrons. The first-order valence-corrected chi connectivity index (χ1v) is 6.20. The van der Waals surface area contributed by atoms with Crippen molar-refractivity contribution in [3.05, 3.63) is 58.6 Å². The van der Waals surface area contributed by atoms with E-state index >= 15 is 0 Å².